The molecule has 0 saturated heterocycles. The molecule has 78 valence electrons. The Morgan fingerprint density at radius 2 is 2.21 bits per heavy atom. The zero-order valence-corrected chi connectivity index (χ0v) is 8.46. The zero-order chi connectivity index (χ0) is 10.6. The molecule has 1 unspecified atom stereocenters. The van der Waals surface area contributed by atoms with Gasteiger partial charge in [-0.15, -0.1) is 0 Å². The van der Waals surface area contributed by atoms with E-state index in [1.807, 2.05) is 6.07 Å². The predicted octanol–water partition coefficient (Wildman–Crippen LogP) is 2.15. The normalized spacial score (nSPS) is 12.6. The molecule has 0 aliphatic heterocycles. The molecule has 1 aromatic rings. The SMILES string of the molecule is COc1ccc(CCC(C)O)cc1F. The van der Waals surface area contributed by atoms with Crippen molar-refractivity contribution in [2.75, 3.05) is 7.11 Å². The van der Waals surface area contributed by atoms with Crippen LogP contribution in [0.5, 0.6) is 5.75 Å². The Balaban J connectivity index is 2.66. The van der Waals surface area contributed by atoms with Crippen LogP contribution in [0.25, 0.3) is 0 Å². The highest BCUT2D eigenvalue weighted by Gasteiger charge is 2.04. The molecule has 1 aromatic carbocycles. The van der Waals surface area contributed by atoms with Crippen molar-refractivity contribution >= 4 is 0 Å². The first-order valence-electron chi connectivity index (χ1n) is 4.64. The molecule has 14 heavy (non-hydrogen) atoms. The minimum absolute atomic E-state index is 0.255. The summed E-state index contributed by atoms with van der Waals surface area (Å²) in [5.74, 6) is -0.0959. The number of aryl methyl sites for hydroxylation is 1. The molecule has 3 heteroatoms. The molecule has 0 saturated carbocycles. The summed E-state index contributed by atoms with van der Waals surface area (Å²) in [6, 6.07) is 4.86. The van der Waals surface area contributed by atoms with E-state index in [1.165, 1.54) is 13.2 Å². The number of aliphatic hydroxyl groups is 1. The Morgan fingerprint density at radius 1 is 1.50 bits per heavy atom. The van der Waals surface area contributed by atoms with E-state index in [1.54, 1.807) is 13.0 Å². The van der Waals surface area contributed by atoms with Gasteiger partial charge in [-0.2, -0.15) is 0 Å². The lowest BCUT2D eigenvalue weighted by atomic mass is 10.1. The summed E-state index contributed by atoms with van der Waals surface area (Å²) in [5, 5.41) is 9.07. The van der Waals surface area contributed by atoms with Crippen LogP contribution in [-0.4, -0.2) is 18.3 Å². The molecule has 0 spiro atoms. The first-order chi connectivity index (χ1) is 6.63. The smallest absolute Gasteiger partial charge is 0.165 e. The molecule has 0 heterocycles. The summed E-state index contributed by atoms with van der Waals surface area (Å²) < 4.78 is 18.0. The van der Waals surface area contributed by atoms with Gasteiger partial charge in [0.25, 0.3) is 0 Å². The fraction of sp³-hybridized carbons (Fsp3) is 0.455. The van der Waals surface area contributed by atoms with Gasteiger partial charge in [-0.1, -0.05) is 6.07 Å². The van der Waals surface area contributed by atoms with E-state index in [0.29, 0.717) is 12.8 Å². The van der Waals surface area contributed by atoms with Gasteiger partial charge in [0.05, 0.1) is 13.2 Å². The number of ether oxygens (including phenoxy) is 1. The van der Waals surface area contributed by atoms with Crippen molar-refractivity contribution in [2.45, 2.75) is 25.9 Å². The third-order valence-electron chi connectivity index (χ3n) is 2.07. The highest BCUT2D eigenvalue weighted by molar-refractivity contribution is 5.29. The van der Waals surface area contributed by atoms with Gasteiger partial charge in [0.2, 0.25) is 0 Å². The summed E-state index contributed by atoms with van der Waals surface area (Å²) in [7, 11) is 1.44. The van der Waals surface area contributed by atoms with Gasteiger partial charge in [0.15, 0.2) is 11.6 Å². The third kappa shape index (κ3) is 3.00. The van der Waals surface area contributed by atoms with Crippen molar-refractivity contribution in [3.05, 3.63) is 29.6 Å². The minimum atomic E-state index is -0.351. The quantitative estimate of drug-likeness (QED) is 0.803. The molecule has 0 radical (unpaired) electrons. The van der Waals surface area contributed by atoms with Gasteiger partial charge >= 0.3 is 0 Å². The van der Waals surface area contributed by atoms with Crippen molar-refractivity contribution in [3.63, 3.8) is 0 Å². The summed E-state index contributed by atoms with van der Waals surface area (Å²) >= 11 is 0. The minimum Gasteiger partial charge on any atom is -0.494 e. The van der Waals surface area contributed by atoms with Gasteiger partial charge in [0.1, 0.15) is 0 Å². The van der Waals surface area contributed by atoms with Gasteiger partial charge in [-0.25, -0.2) is 4.39 Å². The molecular weight excluding hydrogens is 183 g/mol. The lowest BCUT2D eigenvalue weighted by Gasteiger charge is -2.06. The molecule has 2 nitrogen and oxygen atoms in total. The molecule has 0 bridgehead atoms. The molecule has 0 aliphatic carbocycles. The van der Waals surface area contributed by atoms with Crippen molar-refractivity contribution in [1.29, 1.82) is 0 Å². The Hall–Kier alpha value is -1.09. The second-order valence-electron chi connectivity index (χ2n) is 3.36. The number of hydrogen-bond donors (Lipinski definition) is 1. The van der Waals surface area contributed by atoms with Crippen LogP contribution >= 0.6 is 0 Å². The molecular formula is C11H15FO2. The maximum absolute atomic E-state index is 13.2. The van der Waals surface area contributed by atoms with Crippen LogP contribution in [0.1, 0.15) is 18.9 Å². The molecule has 0 amide bonds. The summed E-state index contributed by atoms with van der Waals surface area (Å²) in [4.78, 5) is 0. The van der Waals surface area contributed by atoms with E-state index >= 15 is 0 Å². The molecule has 0 aliphatic rings. The van der Waals surface area contributed by atoms with Crippen LogP contribution in [0.2, 0.25) is 0 Å². The Kier molecular flexibility index (Phi) is 3.89. The van der Waals surface area contributed by atoms with E-state index in [-0.39, 0.29) is 17.7 Å². The number of benzene rings is 1. The van der Waals surface area contributed by atoms with Gasteiger partial charge in [-0.05, 0) is 37.5 Å². The third-order valence-corrected chi connectivity index (χ3v) is 2.07. The summed E-state index contributed by atoms with van der Waals surface area (Å²) in [6.45, 7) is 1.72. The van der Waals surface area contributed by atoms with Crippen LogP contribution < -0.4 is 4.74 Å². The Labute approximate surface area is 83.3 Å². The number of halogens is 1. The van der Waals surface area contributed by atoms with Crippen molar-refractivity contribution in [3.8, 4) is 5.75 Å². The molecule has 1 rings (SSSR count). The van der Waals surface area contributed by atoms with E-state index in [9.17, 15) is 4.39 Å². The molecule has 0 aromatic heterocycles. The second kappa shape index (κ2) is 4.96. The highest BCUT2D eigenvalue weighted by Crippen LogP contribution is 2.18. The van der Waals surface area contributed by atoms with Gasteiger partial charge in [-0.3, -0.25) is 0 Å². The van der Waals surface area contributed by atoms with Crippen LogP contribution in [0, 0.1) is 5.82 Å². The average molecular weight is 198 g/mol. The molecule has 0 fully saturated rings. The van der Waals surface area contributed by atoms with Crippen LogP contribution in [-0.2, 0) is 6.42 Å². The Morgan fingerprint density at radius 3 is 2.71 bits per heavy atom. The molecule has 1 atom stereocenters. The maximum atomic E-state index is 13.2. The monoisotopic (exact) mass is 198 g/mol. The predicted molar refractivity (Wildman–Crippen MR) is 53.0 cm³/mol. The van der Waals surface area contributed by atoms with Crippen molar-refractivity contribution < 1.29 is 14.2 Å². The largest absolute Gasteiger partial charge is 0.494 e. The maximum Gasteiger partial charge on any atom is 0.165 e. The average Bonchev–Trinajstić information content (AvgIpc) is 2.15. The molecule has 1 N–H and O–H groups in total. The van der Waals surface area contributed by atoms with Crippen LogP contribution in [0.15, 0.2) is 18.2 Å². The summed E-state index contributed by atoms with van der Waals surface area (Å²) in [5.41, 5.74) is 0.879. The topological polar surface area (TPSA) is 29.5 Å². The van der Waals surface area contributed by atoms with Crippen molar-refractivity contribution in [2.24, 2.45) is 0 Å². The lowest BCUT2D eigenvalue weighted by molar-refractivity contribution is 0.185. The van der Waals surface area contributed by atoms with E-state index < -0.39 is 0 Å². The van der Waals surface area contributed by atoms with Gasteiger partial charge in [0, 0.05) is 0 Å². The number of hydrogen-bond acceptors (Lipinski definition) is 2. The highest BCUT2D eigenvalue weighted by atomic mass is 19.1. The number of methoxy groups -OCH3 is 1. The second-order valence-corrected chi connectivity index (χ2v) is 3.36. The number of rotatable bonds is 4. The fourth-order valence-corrected chi connectivity index (χ4v) is 1.24. The first-order valence-corrected chi connectivity index (χ1v) is 4.64. The number of aliphatic hydroxyl groups excluding tert-OH is 1. The van der Waals surface area contributed by atoms with E-state index in [0.717, 1.165) is 5.56 Å². The zero-order valence-electron chi connectivity index (χ0n) is 8.46. The lowest BCUT2D eigenvalue weighted by Crippen LogP contribution is -2.01. The van der Waals surface area contributed by atoms with Crippen molar-refractivity contribution in [1.82, 2.24) is 0 Å². The Bertz CT molecular complexity index is 297. The van der Waals surface area contributed by atoms with Crippen LogP contribution in [0.3, 0.4) is 0 Å². The summed E-state index contributed by atoms with van der Waals surface area (Å²) in [6.07, 6.45) is 0.977. The standard InChI is InChI=1S/C11H15FO2/c1-8(13)3-4-9-5-6-11(14-2)10(12)7-9/h5-8,13H,3-4H2,1-2H3. The first kappa shape index (κ1) is 11.0. The van der Waals surface area contributed by atoms with Crippen LogP contribution in [0.4, 0.5) is 4.39 Å². The van der Waals surface area contributed by atoms with E-state index in [2.05, 4.69) is 0 Å². The fourth-order valence-electron chi connectivity index (χ4n) is 1.24. The van der Waals surface area contributed by atoms with E-state index in [4.69, 9.17) is 9.84 Å². The van der Waals surface area contributed by atoms with Gasteiger partial charge < -0.3 is 9.84 Å².